The summed E-state index contributed by atoms with van der Waals surface area (Å²) in [7, 11) is 0. The average Bonchev–Trinajstić information content (AvgIpc) is 2.83. The molecule has 1 N–H and O–H groups in total. The van der Waals surface area contributed by atoms with Crippen LogP contribution in [0, 0.1) is 11.6 Å². The van der Waals surface area contributed by atoms with Crippen LogP contribution in [-0.4, -0.2) is 11.9 Å². The molecule has 4 heteroatoms. The van der Waals surface area contributed by atoms with E-state index in [1.54, 1.807) is 0 Å². The van der Waals surface area contributed by atoms with Gasteiger partial charge in [0.15, 0.2) is 11.6 Å². The van der Waals surface area contributed by atoms with Crippen molar-refractivity contribution in [1.82, 2.24) is 5.32 Å². The highest BCUT2D eigenvalue weighted by atomic mass is 19.2. The smallest absolute Gasteiger partial charge is 0.254 e. The highest BCUT2D eigenvalue weighted by Crippen LogP contribution is 2.22. The molecule has 0 spiro atoms. The highest BCUT2D eigenvalue weighted by Gasteiger charge is 2.24. The lowest BCUT2D eigenvalue weighted by molar-refractivity contribution is 0.0933. The number of fused-ring (bicyclic) bond motifs is 1. The van der Waals surface area contributed by atoms with Gasteiger partial charge in [0.05, 0.1) is 5.56 Å². The fourth-order valence-electron chi connectivity index (χ4n) is 2.60. The number of benzene rings is 2. The van der Waals surface area contributed by atoms with E-state index in [0.29, 0.717) is 0 Å². The van der Waals surface area contributed by atoms with E-state index in [1.165, 1.54) is 23.3 Å². The third-order valence-electron chi connectivity index (χ3n) is 3.58. The van der Waals surface area contributed by atoms with Crippen LogP contribution in [0.4, 0.5) is 8.78 Å². The van der Waals surface area contributed by atoms with Gasteiger partial charge in [-0.15, -0.1) is 0 Å². The Morgan fingerprint density at radius 2 is 1.65 bits per heavy atom. The second-order valence-electron chi connectivity index (χ2n) is 4.95. The molecule has 1 aliphatic carbocycles. The zero-order valence-corrected chi connectivity index (χ0v) is 10.7. The van der Waals surface area contributed by atoms with Gasteiger partial charge in [0.2, 0.25) is 0 Å². The zero-order chi connectivity index (χ0) is 14.1. The summed E-state index contributed by atoms with van der Waals surface area (Å²) in [6.45, 7) is 0. The third kappa shape index (κ3) is 2.29. The van der Waals surface area contributed by atoms with Gasteiger partial charge in [0, 0.05) is 6.04 Å². The minimum Gasteiger partial charge on any atom is -0.349 e. The van der Waals surface area contributed by atoms with Crippen molar-refractivity contribution < 1.29 is 13.6 Å². The van der Waals surface area contributed by atoms with E-state index < -0.39 is 17.5 Å². The van der Waals surface area contributed by atoms with Crippen LogP contribution in [0.15, 0.2) is 42.5 Å². The Bertz CT molecular complexity index is 644. The maximum absolute atomic E-state index is 13.6. The molecule has 0 bridgehead atoms. The van der Waals surface area contributed by atoms with E-state index in [1.807, 2.05) is 24.3 Å². The first kappa shape index (κ1) is 12.8. The first-order valence-electron chi connectivity index (χ1n) is 6.47. The number of hydrogen-bond acceptors (Lipinski definition) is 1. The van der Waals surface area contributed by atoms with Crippen LogP contribution in [0.25, 0.3) is 0 Å². The standard InChI is InChI=1S/C16H13F2NO/c17-14-7-3-6-13(15(14)18)16(20)19-12-8-10-4-1-2-5-11(10)9-12/h1-7,12H,8-9H2,(H,19,20). The quantitative estimate of drug-likeness (QED) is 0.895. The SMILES string of the molecule is O=C(NC1Cc2ccccc2C1)c1cccc(F)c1F. The summed E-state index contributed by atoms with van der Waals surface area (Å²) in [5, 5.41) is 2.76. The van der Waals surface area contributed by atoms with Crippen molar-refractivity contribution in [2.45, 2.75) is 18.9 Å². The lowest BCUT2D eigenvalue weighted by atomic mass is 10.1. The number of carbonyl (C=O) groups is 1. The maximum Gasteiger partial charge on any atom is 0.254 e. The van der Waals surface area contributed by atoms with Gasteiger partial charge in [-0.3, -0.25) is 4.79 Å². The van der Waals surface area contributed by atoms with Crippen molar-refractivity contribution in [3.05, 3.63) is 70.8 Å². The monoisotopic (exact) mass is 273 g/mol. The summed E-state index contributed by atoms with van der Waals surface area (Å²) in [6.07, 6.45) is 1.44. The van der Waals surface area contributed by atoms with Gasteiger partial charge in [-0.1, -0.05) is 30.3 Å². The van der Waals surface area contributed by atoms with Crippen LogP contribution < -0.4 is 5.32 Å². The lowest BCUT2D eigenvalue weighted by Crippen LogP contribution is -2.35. The van der Waals surface area contributed by atoms with Crippen LogP contribution in [-0.2, 0) is 12.8 Å². The van der Waals surface area contributed by atoms with Crippen molar-refractivity contribution in [1.29, 1.82) is 0 Å². The summed E-state index contributed by atoms with van der Waals surface area (Å²) in [5.74, 6) is -2.67. The van der Waals surface area contributed by atoms with Gasteiger partial charge in [-0.2, -0.15) is 0 Å². The van der Waals surface area contributed by atoms with Gasteiger partial charge in [0.1, 0.15) is 0 Å². The summed E-state index contributed by atoms with van der Waals surface area (Å²) < 4.78 is 26.7. The first-order chi connectivity index (χ1) is 9.65. The molecule has 0 radical (unpaired) electrons. The van der Waals surface area contributed by atoms with Crippen LogP contribution in [0.2, 0.25) is 0 Å². The summed E-state index contributed by atoms with van der Waals surface area (Å²) in [6, 6.07) is 11.5. The molecular formula is C16H13F2NO. The molecule has 1 amide bonds. The van der Waals surface area contributed by atoms with E-state index in [4.69, 9.17) is 0 Å². The molecule has 1 aliphatic rings. The second-order valence-corrected chi connectivity index (χ2v) is 4.95. The molecule has 0 heterocycles. The van der Waals surface area contributed by atoms with Crippen molar-refractivity contribution >= 4 is 5.91 Å². The molecule has 0 saturated heterocycles. The second kappa shape index (κ2) is 5.04. The van der Waals surface area contributed by atoms with Gasteiger partial charge < -0.3 is 5.32 Å². The Morgan fingerprint density at radius 3 is 2.30 bits per heavy atom. The van der Waals surface area contributed by atoms with Gasteiger partial charge >= 0.3 is 0 Å². The predicted octanol–water partition coefficient (Wildman–Crippen LogP) is 2.86. The van der Waals surface area contributed by atoms with Gasteiger partial charge in [-0.05, 0) is 36.1 Å². The van der Waals surface area contributed by atoms with Crippen LogP contribution in [0.5, 0.6) is 0 Å². The summed E-state index contributed by atoms with van der Waals surface area (Å²) in [5.41, 5.74) is 2.14. The first-order valence-corrected chi connectivity index (χ1v) is 6.47. The fourth-order valence-corrected chi connectivity index (χ4v) is 2.60. The fraction of sp³-hybridized carbons (Fsp3) is 0.188. The Balaban J connectivity index is 1.74. The molecule has 0 aliphatic heterocycles. The molecule has 0 atom stereocenters. The van der Waals surface area contributed by atoms with E-state index >= 15 is 0 Å². The molecule has 0 unspecified atom stereocenters. The molecule has 0 fully saturated rings. The Kier molecular flexibility index (Phi) is 3.22. The molecule has 20 heavy (non-hydrogen) atoms. The molecule has 0 saturated carbocycles. The van der Waals surface area contributed by atoms with E-state index in [9.17, 15) is 13.6 Å². The average molecular weight is 273 g/mol. The predicted molar refractivity (Wildman–Crippen MR) is 71.5 cm³/mol. The van der Waals surface area contributed by atoms with Crippen molar-refractivity contribution in [2.24, 2.45) is 0 Å². The third-order valence-corrected chi connectivity index (χ3v) is 3.58. The topological polar surface area (TPSA) is 29.1 Å². The van der Waals surface area contributed by atoms with Crippen molar-refractivity contribution in [3.63, 3.8) is 0 Å². The minimum atomic E-state index is -1.10. The van der Waals surface area contributed by atoms with E-state index in [-0.39, 0.29) is 11.6 Å². The van der Waals surface area contributed by atoms with Gasteiger partial charge in [-0.25, -0.2) is 8.78 Å². The number of halogens is 2. The maximum atomic E-state index is 13.6. The number of hydrogen-bond donors (Lipinski definition) is 1. The molecule has 2 nitrogen and oxygen atoms in total. The lowest BCUT2D eigenvalue weighted by Gasteiger charge is -2.12. The molecule has 2 aromatic rings. The minimum absolute atomic E-state index is 0.0671. The van der Waals surface area contributed by atoms with Crippen molar-refractivity contribution in [3.8, 4) is 0 Å². The number of nitrogens with one attached hydrogen (secondary N) is 1. The number of amides is 1. The molecule has 2 aromatic carbocycles. The van der Waals surface area contributed by atoms with Crippen LogP contribution in [0.1, 0.15) is 21.5 Å². The molecule has 0 aromatic heterocycles. The largest absolute Gasteiger partial charge is 0.349 e. The number of rotatable bonds is 2. The summed E-state index contributed by atoms with van der Waals surface area (Å²) in [4.78, 5) is 12.0. The Hall–Kier alpha value is -2.23. The molecule has 3 rings (SSSR count). The van der Waals surface area contributed by atoms with Gasteiger partial charge in [0.25, 0.3) is 5.91 Å². The molecule has 102 valence electrons. The van der Waals surface area contributed by atoms with Crippen LogP contribution >= 0.6 is 0 Å². The Morgan fingerprint density at radius 1 is 1.00 bits per heavy atom. The number of carbonyl (C=O) groups excluding carboxylic acids is 1. The highest BCUT2D eigenvalue weighted by molar-refractivity contribution is 5.94. The summed E-state index contributed by atoms with van der Waals surface area (Å²) >= 11 is 0. The van der Waals surface area contributed by atoms with Crippen LogP contribution in [0.3, 0.4) is 0 Å². The van der Waals surface area contributed by atoms with E-state index in [0.717, 1.165) is 18.9 Å². The molecular weight excluding hydrogens is 260 g/mol. The Labute approximate surface area is 115 Å². The normalized spacial score (nSPS) is 14.1. The van der Waals surface area contributed by atoms with Crippen molar-refractivity contribution in [2.75, 3.05) is 0 Å². The zero-order valence-electron chi connectivity index (χ0n) is 10.7. The van der Waals surface area contributed by atoms with E-state index in [2.05, 4.69) is 5.32 Å².